The van der Waals surface area contributed by atoms with Gasteiger partial charge in [-0.1, -0.05) is 176 Å². The Balaban J connectivity index is 1.09. The zero-order chi connectivity index (χ0) is 37.3. The predicted octanol–water partition coefficient (Wildman–Crippen LogP) is 13.5. The lowest BCUT2D eigenvalue weighted by molar-refractivity contribution is 0.636. The van der Waals surface area contributed by atoms with Crippen LogP contribution in [0.1, 0.15) is 44.5 Å². The van der Waals surface area contributed by atoms with Gasteiger partial charge in [-0.25, -0.2) is 0 Å². The SMILES string of the molecule is c1ccc(-n2c3ccccc3c3cc(-c4ccc5c(c4)-c4ccccc4C54c5ccccc5C5(c6ccccc6)c6ccccc6-c6cccc4c65)ccc32)cc1. The molecule has 1 heterocycles. The molecule has 0 N–H and O–H groups in total. The number of rotatable bonds is 3. The highest BCUT2D eigenvalue weighted by Crippen LogP contribution is 2.68. The fraction of sp³-hybridized carbons (Fsp3) is 0.0357. The molecule has 0 bridgehead atoms. The lowest BCUT2D eigenvalue weighted by Gasteiger charge is -2.48. The van der Waals surface area contributed by atoms with Gasteiger partial charge in [0.2, 0.25) is 0 Å². The number of hydrogen-bond acceptors (Lipinski definition) is 0. The van der Waals surface area contributed by atoms with E-state index in [0.29, 0.717) is 0 Å². The maximum absolute atomic E-state index is 2.47. The summed E-state index contributed by atoms with van der Waals surface area (Å²) in [5.41, 5.74) is 21.4. The molecule has 3 aliphatic carbocycles. The third-order valence-electron chi connectivity index (χ3n) is 13.5. The molecule has 0 aliphatic heterocycles. The van der Waals surface area contributed by atoms with E-state index in [1.807, 2.05) is 0 Å². The maximum Gasteiger partial charge on any atom is 0.0720 e. The summed E-state index contributed by atoms with van der Waals surface area (Å²) in [6.07, 6.45) is 0. The Kier molecular flexibility index (Phi) is 6.09. The van der Waals surface area contributed by atoms with Crippen LogP contribution in [-0.4, -0.2) is 4.57 Å². The first-order valence-corrected chi connectivity index (χ1v) is 20.0. The molecule has 13 rings (SSSR count). The molecule has 57 heavy (non-hydrogen) atoms. The fourth-order valence-corrected chi connectivity index (χ4v) is 11.4. The minimum atomic E-state index is -0.486. The number of aromatic nitrogens is 1. The van der Waals surface area contributed by atoms with Gasteiger partial charge in [-0.05, 0) is 114 Å². The van der Waals surface area contributed by atoms with E-state index in [9.17, 15) is 0 Å². The van der Waals surface area contributed by atoms with Gasteiger partial charge in [0.25, 0.3) is 0 Å². The molecule has 0 fully saturated rings. The van der Waals surface area contributed by atoms with Crippen molar-refractivity contribution in [3.8, 4) is 39.1 Å². The number of fused-ring (bicyclic) bond motifs is 15. The molecule has 264 valence electrons. The monoisotopic (exact) mass is 721 g/mol. The lowest BCUT2D eigenvalue weighted by Crippen LogP contribution is -2.43. The first-order chi connectivity index (χ1) is 28.3. The Bertz CT molecular complexity index is 3300. The molecule has 0 amide bonds. The third-order valence-corrected chi connectivity index (χ3v) is 13.5. The largest absolute Gasteiger partial charge is 0.309 e. The van der Waals surface area contributed by atoms with Gasteiger partial charge < -0.3 is 4.57 Å². The zero-order valence-corrected chi connectivity index (χ0v) is 31.2. The van der Waals surface area contributed by atoms with Crippen LogP contribution in [-0.2, 0) is 10.8 Å². The number of para-hydroxylation sites is 2. The average molecular weight is 722 g/mol. The van der Waals surface area contributed by atoms with Crippen molar-refractivity contribution < 1.29 is 0 Å². The second-order valence-electron chi connectivity index (χ2n) is 15.9. The summed E-state index contributed by atoms with van der Waals surface area (Å²) in [6.45, 7) is 0. The van der Waals surface area contributed by atoms with Crippen LogP contribution in [0.4, 0.5) is 0 Å². The van der Waals surface area contributed by atoms with Crippen LogP contribution in [0.5, 0.6) is 0 Å². The Morgan fingerprint density at radius 2 is 0.825 bits per heavy atom. The van der Waals surface area contributed by atoms with Crippen molar-refractivity contribution in [2.75, 3.05) is 0 Å². The van der Waals surface area contributed by atoms with Crippen molar-refractivity contribution in [3.05, 3.63) is 257 Å². The first-order valence-electron chi connectivity index (χ1n) is 20.0. The minimum absolute atomic E-state index is 0.433. The van der Waals surface area contributed by atoms with Gasteiger partial charge in [0, 0.05) is 16.5 Å². The molecule has 10 aromatic rings. The van der Waals surface area contributed by atoms with Crippen molar-refractivity contribution >= 4 is 21.8 Å². The molecule has 2 atom stereocenters. The predicted molar refractivity (Wildman–Crippen MR) is 234 cm³/mol. The van der Waals surface area contributed by atoms with Gasteiger partial charge in [0.05, 0.1) is 21.9 Å². The van der Waals surface area contributed by atoms with E-state index in [0.717, 1.165) is 0 Å². The molecule has 9 aromatic carbocycles. The molecular formula is C56H35N. The van der Waals surface area contributed by atoms with Gasteiger partial charge in [0.15, 0.2) is 0 Å². The molecule has 2 unspecified atom stereocenters. The smallest absolute Gasteiger partial charge is 0.0720 e. The van der Waals surface area contributed by atoms with Gasteiger partial charge in [0.1, 0.15) is 0 Å². The highest BCUT2D eigenvalue weighted by molar-refractivity contribution is 6.10. The van der Waals surface area contributed by atoms with Crippen LogP contribution in [0.15, 0.2) is 212 Å². The molecule has 0 saturated carbocycles. The van der Waals surface area contributed by atoms with Crippen molar-refractivity contribution in [2.24, 2.45) is 0 Å². The van der Waals surface area contributed by atoms with E-state index >= 15 is 0 Å². The van der Waals surface area contributed by atoms with E-state index in [1.54, 1.807) is 0 Å². The van der Waals surface area contributed by atoms with Crippen LogP contribution in [0.2, 0.25) is 0 Å². The zero-order valence-electron chi connectivity index (χ0n) is 31.2. The molecule has 1 nitrogen and oxygen atoms in total. The van der Waals surface area contributed by atoms with E-state index in [2.05, 4.69) is 217 Å². The van der Waals surface area contributed by atoms with Crippen LogP contribution in [0, 0.1) is 0 Å². The quantitative estimate of drug-likeness (QED) is 0.171. The van der Waals surface area contributed by atoms with E-state index < -0.39 is 10.8 Å². The second-order valence-corrected chi connectivity index (χ2v) is 15.9. The summed E-state index contributed by atoms with van der Waals surface area (Å²) in [4.78, 5) is 0. The summed E-state index contributed by atoms with van der Waals surface area (Å²) in [5.74, 6) is 0. The van der Waals surface area contributed by atoms with Gasteiger partial charge in [-0.3, -0.25) is 0 Å². The van der Waals surface area contributed by atoms with E-state index in [1.165, 1.54) is 105 Å². The Morgan fingerprint density at radius 3 is 1.61 bits per heavy atom. The highest BCUT2D eigenvalue weighted by atomic mass is 15.0. The third kappa shape index (κ3) is 3.75. The van der Waals surface area contributed by atoms with Gasteiger partial charge in [-0.2, -0.15) is 0 Å². The number of hydrogen-bond donors (Lipinski definition) is 0. The summed E-state index contributed by atoms with van der Waals surface area (Å²) in [5, 5.41) is 2.53. The van der Waals surface area contributed by atoms with Crippen LogP contribution < -0.4 is 0 Å². The minimum Gasteiger partial charge on any atom is -0.309 e. The molecule has 0 radical (unpaired) electrons. The average Bonchev–Trinajstić information content (AvgIpc) is 3.89. The van der Waals surface area contributed by atoms with Crippen molar-refractivity contribution in [2.45, 2.75) is 10.8 Å². The Hall–Kier alpha value is -7.22. The maximum atomic E-state index is 2.47. The van der Waals surface area contributed by atoms with Gasteiger partial charge in [-0.15, -0.1) is 0 Å². The molecule has 0 saturated heterocycles. The van der Waals surface area contributed by atoms with Gasteiger partial charge >= 0.3 is 0 Å². The van der Waals surface area contributed by atoms with Crippen molar-refractivity contribution in [1.82, 2.24) is 4.57 Å². The fourth-order valence-electron chi connectivity index (χ4n) is 11.4. The van der Waals surface area contributed by atoms with Crippen LogP contribution in [0.25, 0.3) is 60.9 Å². The standard InChI is InChI=1S/C56H35N/c1-3-16-38(17-4-1)55-46-24-10-7-20-40(46)43-23-15-28-51(54(43)55)56(50-27-13-12-26-49(50)55)47-25-11-8-21-41(47)44-34-36(30-32-48(44)56)37-31-33-53-45(35-37)42-22-9-14-29-52(42)57(53)39-18-5-2-6-19-39/h1-35H. The first kappa shape index (κ1) is 31.0. The van der Waals surface area contributed by atoms with Crippen LogP contribution in [0.3, 0.4) is 0 Å². The second kappa shape index (κ2) is 11.2. The Labute approximate surface area is 331 Å². The highest BCUT2D eigenvalue weighted by Gasteiger charge is 2.59. The Morgan fingerprint density at radius 1 is 0.298 bits per heavy atom. The molecular weight excluding hydrogens is 687 g/mol. The topological polar surface area (TPSA) is 4.93 Å². The summed E-state index contributed by atoms with van der Waals surface area (Å²) in [6, 6.07) is 79.9. The number of benzene rings is 9. The van der Waals surface area contributed by atoms with E-state index in [4.69, 9.17) is 0 Å². The lowest BCUT2D eigenvalue weighted by atomic mass is 9.52. The normalized spacial score (nSPS) is 18.0. The van der Waals surface area contributed by atoms with Crippen molar-refractivity contribution in [3.63, 3.8) is 0 Å². The van der Waals surface area contributed by atoms with Crippen molar-refractivity contribution in [1.29, 1.82) is 0 Å². The molecule has 1 aromatic heterocycles. The molecule has 1 heteroatoms. The summed E-state index contributed by atoms with van der Waals surface area (Å²) in [7, 11) is 0. The summed E-state index contributed by atoms with van der Waals surface area (Å²) < 4.78 is 2.39. The van der Waals surface area contributed by atoms with E-state index in [-0.39, 0.29) is 0 Å². The molecule has 1 spiro atoms. The number of nitrogens with zero attached hydrogens (tertiary/aromatic N) is 1. The van der Waals surface area contributed by atoms with Crippen LogP contribution >= 0.6 is 0 Å². The molecule has 3 aliphatic rings. The summed E-state index contributed by atoms with van der Waals surface area (Å²) >= 11 is 0.